The van der Waals surface area contributed by atoms with Crippen LogP contribution in [0.25, 0.3) is 0 Å². The minimum Gasteiger partial charge on any atom is -0.299 e. The van der Waals surface area contributed by atoms with Gasteiger partial charge in [0.2, 0.25) is 0 Å². The standard InChI is InChI=1S/C16H24O/c1-11-5-6-12-4-3-9-16(12,2)10-14-13(11)7-8-15(14)17/h5,12-14H,3-4,6-10H2,1-2H3/b11-5-/t12-,13+,14+,16-/m1/s1. The number of hydrogen-bond acceptors (Lipinski definition) is 1. The van der Waals surface area contributed by atoms with Crippen molar-refractivity contribution in [3.05, 3.63) is 11.6 Å². The van der Waals surface area contributed by atoms with Crippen LogP contribution >= 0.6 is 0 Å². The Bertz CT molecular complexity index is 368. The first kappa shape index (κ1) is 11.5. The summed E-state index contributed by atoms with van der Waals surface area (Å²) in [4.78, 5) is 12.1. The van der Waals surface area contributed by atoms with Gasteiger partial charge in [0, 0.05) is 12.3 Å². The van der Waals surface area contributed by atoms with Crippen LogP contribution in [0, 0.1) is 23.2 Å². The van der Waals surface area contributed by atoms with Crippen molar-refractivity contribution in [2.45, 2.75) is 58.8 Å². The minimum atomic E-state index is 0.358. The number of carbonyl (C=O) groups excluding carboxylic acids is 1. The molecule has 0 aromatic rings. The van der Waals surface area contributed by atoms with Crippen molar-refractivity contribution >= 4 is 5.78 Å². The Morgan fingerprint density at radius 3 is 2.94 bits per heavy atom. The fraction of sp³-hybridized carbons (Fsp3) is 0.812. The third-order valence-electron chi connectivity index (χ3n) is 5.88. The van der Waals surface area contributed by atoms with E-state index in [0.717, 1.165) is 18.8 Å². The lowest BCUT2D eigenvalue weighted by atomic mass is 9.67. The summed E-state index contributed by atoms with van der Waals surface area (Å²) in [5.74, 6) is 2.33. The maximum Gasteiger partial charge on any atom is 0.136 e. The van der Waals surface area contributed by atoms with E-state index in [9.17, 15) is 4.79 Å². The molecular formula is C16H24O. The molecule has 0 radical (unpaired) electrons. The highest BCUT2D eigenvalue weighted by Crippen LogP contribution is 2.53. The van der Waals surface area contributed by atoms with E-state index in [2.05, 4.69) is 19.9 Å². The molecule has 1 nitrogen and oxygen atoms in total. The molecule has 0 aromatic heterocycles. The second kappa shape index (κ2) is 3.96. The largest absolute Gasteiger partial charge is 0.299 e. The first-order valence-corrected chi connectivity index (χ1v) is 7.29. The molecule has 2 fully saturated rings. The first-order chi connectivity index (χ1) is 8.10. The number of Topliss-reactive ketones (excluding diaryl/α,β-unsaturated/α-hetero) is 1. The maximum absolute atomic E-state index is 12.1. The number of hydrogen-bond donors (Lipinski definition) is 0. The van der Waals surface area contributed by atoms with Gasteiger partial charge in [-0.3, -0.25) is 4.79 Å². The van der Waals surface area contributed by atoms with Crippen LogP contribution in [0.2, 0.25) is 0 Å². The molecule has 0 unspecified atom stereocenters. The van der Waals surface area contributed by atoms with Gasteiger partial charge in [0.15, 0.2) is 0 Å². The molecule has 0 aliphatic heterocycles. The summed E-state index contributed by atoms with van der Waals surface area (Å²) in [6.07, 6.45) is 11.0. The normalized spacial score (nSPS) is 48.9. The molecule has 4 atom stereocenters. The van der Waals surface area contributed by atoms with Crippen LogP contribution in [-0.2, 0) is 4.79 Å². The third-order valence-corrected chi connectivity index (χ3v) is 5.88. The number of allylic oxidation sites excluding steroid dienone is 2. The number of fused-ring (bicyclic) bond motifs is 2. The lowest BCUT2D eigenvalue weighted by Crippen LogP contribution is -2.31. The molecule has 0 bridgehead atoms. The summed E-state index contributed by atoms with van der Waals surface area (Å²) in [5, 5.41) is 0. The van der Waals surface area contributed by atoms with Crippen LogP contribution < -0.4 is 0 Å². The van der Waals surface area contributed by atoms with E-state index in [0.29, 0.717) is 23.0 Å². The highest BCUT2D eigenvalue weighted by atomic mass is 16.1. The highest BCUT2D eigenvalue weighted by Gasteiger charge is 2.46. The predicted molar refractivity (Wildman–Crippen MR) is 69.7 cm³/mol. The molecule has 0 N–H and O–H groups in total. The zero-order valence-corrected chi connectivity index (χ0v) is 11.2. The molecule has 2 saturated carbocycles. The number of rotatable bonds is 0. The topological polar surface area (TPSA) is 17.1 Å². The zero-order chi connectivity index (χ0) is 12.0. The fourth-order valence-electron chi connectivity index (χ4n) is 4.67. The van der Waals surface area contributed by atoms with E-state index < -0.39 is 0 Å². The zero-order valence-electron chi connectivity index (χ0n) is 11.2. The van der Waals surface area contributed by atoms with Crippen molar-refractivity contribution in [3.63, 3.8) is 0 Å². The monoisotopic (exact) mass is 232 g/mol. The predicted octanol–water partition coefficient (Wildman–Crippen LogP) is 4.13. The molecule has 0 aromatic carbocycles. The van der Waals surface area contributed by atoms with Crippen molar-refractivity contribution in [3.8, 4) is 0 Å². The second-order valence-electron chi connectivity index (χ2n) is 6.85. The lowest BCUT2D eigenvalue weighted by molar-refractivity contribution is -0.122. The first-order valence-electron chi connectivity index (χ1n) is 7.29. The van der Waals surface area contributed by atoms with Gasteiger partial charge in [0.05, 0.1) is 0 Å². The smallest absolute Gasteiger partial charge is 0.136 e. The molecule has 0 heterocycles. The molecular weight excluding hydrogens is 208 g/mol. The van der Waals surface area contributed by atoms with Gasteiger partial charge >= 0.3 is 0 Å². The van der Waals surface area contributed by atoms with Gasteiger partial charge < -0.3 is 0 Å². The van der Waals surface area contributed by atoms with Crippen LogP contribution in [0.15, 0.2) is 11.6 Å². The van der Waals surface area contributed by atoms with E-state index in [-0.39, 0.29) is 0 Å². The minimum absolute atomic E-state index is 0.358. The Kier molecular flexibility index (Phi) is 2.68. The van der Waals surface area contributed by atoms with Crippen LogP contribution in [0.5, 0.6) is 0 Å². The van der Waals surface area contributed by atoms with Gasteiger partial charge in [-0.2, -0.15) is 0 Å². The quantitative estimate of drug-likeness (QED) is 0.574. The summed E-state index contributed by atoms with van der Waals surface area (Å²) >= 11 is 0. The Hall–Kier alpha value is -0.590. The molecule has 0 amide bonds. The third kappa shape index (κ3) is 1.78. The molecule has 0 saturated heterocycles. The average molecular weight is 232 g/mol. The summed E-state index contributed by atoms with van der Waals surface area (Å²) in [5.41, 5.74) is 1.97. The summed E-state index contributed by atoms with van der Waals surface area (Å²) in [7, 11) is 0. The van der Waals surface area contributed by atoms with E-state index in [1.807, 2.05) is 0 Å². The number of carbonyl (C=O) groups is 1. The Labute approximate surface area is 105 Å². The summed E-state index contributed by atoms with van der Waals surface area (Å²) in [6.45, 7) is 4.70. The van der Waals surface area contributed by atoms with E-state index in [1.54, 1.807) is 0 Å². The molecule has 1 heteroatoms. The summed E-state index contributed by atoms with van der Waals surface area (Å²) < 4.78 is 0. The van der Waals surface area contributed by atoms with Crippen molar-refractivity contribution in [2.24, 2.45) is 23.2 Å². The SMILES string of the molecule is C/C1=C/C[C@H]2CCC[C@]2(C)C[C@@H]2C(=O)CC[C@@H]12. The van der Waals surface area contributed by atoms with Crippen LogP contribution in [0.3, 0.4) is 0 Å². The Morgan fingerprint density at radius 1 is 1.29 bits per heavy atom. The number of ketones is 1. The molecule has 94 valence electrons. The van der Waals surface area contributed by atoms with E-state index >= 15 is 0 Å². The van der Waals surface area contributed by atoms with Crippen molar-refractivity contribution < 1.29 is 4.79 Å². The van der Waals surface area contributed by atoms with E-state index in [1.165, 1.54) is 37.7 Å². The van der Waals surface area contributed by atoms with Crippen molar-refractivity contribution in [1.29, 1.82) is 0 Å². The fourth-order valence-corrected chi connectivity index (χ4v) is 4.67. The van der Waals surface area contributed by atoms with Gasteiger partial charge in [0.1, 0.15) is 5.78 Å². The molecule has 3 aliphatic rings. The lowest BCUT2D eigenvalue weighted by Gasteiger charge is -2.37. The average Bonchev–Trinajstić information content (AvgIpc) is 2.80. The van der Waals surface area contributed by atoms with Gasteiger partial charge in [0.25, 0.3) is 0 Å². The van der Waals surface area contributed by atoms with Crippen molar-refractivity contribution in [2.75, 3.05) is 0 Å². The highest BCUT2D eigenvalue weighted by molar-refractivity contribution is 5.84. The van der Waals surface area contributed by atoms with Crippen LogP contribution in [-0.4, -0.2) is 5.78 Å². The molecule has 17 heavy (non-hydrogen) atoms. The molecule has 0 spiro atoms. The van der Waals surface area contributed by atoms with Crippen LogP contribution in [0.4, 0.5) is 0 Å². The maximum atomic E-state index is 12.1. The Morgan fingerprint density at radius 2 is 2.12 bits per heavy atom. The second-order valence-corrected chi connectivity index (χ2v) is 6.85. The molecule has 3 aliphatic carbocycles. The van der Waals surface area contributed by atoms with Gasteiger partial charge in [-0.15, -0.1) is 0 Å². The Balaban J connectivity index is 1.95. The molecule has 3 rings (SSSR count). The van der Waals surface area contributed by atoms with Gasteiger partial charge in [-0.25, -0.2) is 0 Å². The van der Waals surface area contributed by atoms with E-state index in [4.69, 9.17) is 0 Å². The summed E-state index contributed by atoms with van der Waals surface area (Å²) in [6, 6.07) is 0. The van der Waals surface area contributed by atoms with Gasteiger partial charge in [-0.1, -0.05) is 25.0 Å². The van der Waals surface area contributed by atoms with Crippen molar-refractivity contribution in [1.82, 2.24) is 0 Å². The van der Waals surface area contributed by atoms with Crippen LogP contribution in [0.1, 0.15) is 58.8 Å². The van der Waals surface area contributed by atoms with Gasteiger partial charge in [-0.05, 0) is 56.3 Å².